The van der Waals surface area contributed by atoms with Gasteiger partial charge in [-0.1, -0.05) is 23.7 Å². The number of anilines is 1. The SMILES string of the molecule is CC1CCCCN1C(=O)Nc1ccccc1Cl. The molecule has 3 nitrogen and oxygen atoms in total. The molecule has 2 amide bonds. The van der Waals surface area contributed by atoms with Crippen LogP contribution in [0.5, 0.6) is 0 Å². The van der Waals surface area contributed by atoms with E-state index >= 15 is 0 Å². The fourth-order valence-electron chi connectivity index (χ4n) is 2.15. The van der Waals surface area contributed by atoms with Gasteiger partial charge < -0.3 is 10.2 Å². The molecule has 0 spiro atoms. The van der Waals surface area contributed by atoms with Gasteiger partial charge in [-0.2, -0.15) is 0 Å². The Morgan fingerprint density at radius 3 is 2.88 bits per heavy atom. The Labute approximate surface area is 107 Å². The molecule has 92 valence electrons. The zero-order valence-corrected chi connectivity index (χ0v) is 10.7. The highest BCUT2D eigenvalue weighted by Gasteiger charge is 2.23. The van der Waals surface area contributed by atoms with Crippen LogP contribution >= 0.6 is 11.6 Å². The zero-order chi connectivity index (χ0) is 12.3. The summed E-state index contributed by atoms with van der Waals surface area (Å²) in [5.41, 5.74) is 0.678. The third kappa shape index (κ3) is 2.91. The Hall–Kier alpha value is -1.22. The van der Waals surface area contributed by atoms with Gasteiger partial charge in [-0.15, -0.1) is 0 Å². The third-order valence-electron chi connectivity index (χ3n) is 3.18. The highest BCUT2D eigenvalue weighted by Crippen LogP contribution is 2.22. The van der Waals surface area contributed by atoms with Gasteiger partial charge in [0.15, 0.2) is 0 Å². The molecule has 1 heterocycles. The number of para-hydroxylation sites is 1. The van der Waals surface area contributed by atoms with Gasteiger partial charge in [0, 0.05) is 12.6 Å². The van der Waals surface area contributed by atoms with Crippen molar-refractivity contribution in [3.05, 3.63) is 29.3 Å². The minimum Gasteiger partial charge on any atom is -0.322 e. The molecule has 1 aromatic carbocycles. The average molecular weight is 253 g/mol. The summed E-state index contributed by atoms with van der Waals surface area (Å²) in [4.78, 5) is 14.0. The first-order chi connectivity index (χ1) is 8.18. The zero-order valence-electron chi connectivity index (χ0n) is 9.95. The van der Waals surface area contributed by atoms with Crippen molar-refractivity contribution in [2.75, 3.05) is 11.9 Å². The first kappa shape index (κ1) is 12.2. The number of urea groups is 1. The smallest absolute Gasteiger partial charge is 0.322 e. The van der Waals surface area contributed by atoms with Crippen LogP contribution in [0, 0.1) is 0 Å². The fraction of sp³-hybridized carbons (Fsp3) is 0.462. The molecular formula is C13H17ClN2O. The fourth-order valence-corrected chi connectivity index (χ4v) is 2.33. The Morgan fingerprint density at radius 1 is 1.41 bits per heavy atom. The molecule has 17 heavy (non-hydrogen) atoms. The number of nitrogens with one attached hydrogen (secondary N) is 1. The standard InChI is InChI=1S/C13H17ClN2O/c1-10-6-4-5-9-16(10)13(17)15-12-8-3-2-7-11(12)14/h2-3,7-8,10H,4-6,9H2,1H3,(H,15,17). The van der Waals surface area contributed by atoms with Crippen LogP contribution in [0.1, 0.15) is 26.2 Å². The molecule has 1 N–H and O–H groups in total. The first-order valence-corrected chi connectivity index (χ1v) is 6.38. The van der Waals surface area contributed by atoms with Crippen LogP contribution in [0.15, 0.2) is 24.3 Å². The second-order valence-corrected chi connectivity index (χ2v) is 4.86. The number of piperidine rings is 1. The number of benzene rings is 1. The third-order valence-corrected chi connectivity index (χ3v) is 3.51. The summed E-state index contributed by atoms with van der Waals surface area (Å²) in [6.45, 7) is 2.92. The number of halogens is 1. The molecule has 0 aromatic heterocycles. The Balaban J connectivity index is 2.03. The van der Waals surface area contributed by atoms with Crippen molar-refractivity contribution in [1.29, 1.82) is 0 Å². The van der Waals surface area contributed by atoms with Gasteiger partial charge >= 0.3 is 6.03 Å². The quantitative estimate of drug-likeness (QED) is 0.811. The van der Waals surface area contributed by atoms with Crippen LogP contribution in [-0.4, -0.2) is 23.5 Å². The van der Waals surface area contributed by atoms with Gasteiger partial charge in [0.2, 0.25) is 0 Å². The molecule has 0 aliphatic carbocycles. The van der Waals surface area contributed by atoms with Crippen molar-refractivity contribution in [2.45, 2.75) is 32.2 Å². The molecule has 1 unspecified atom stereocenters. The van der Waals surface area contributed by atoms with Crippen LogP contribution in [-0.2, 0) is 0 Å². The van der Waals surface area contributed by atoms with Crippen molar-refractivity contribution >= 4 is 23.3 Å². The molecule has 1 saturated heterocycles. The maximum absolute atomic E-state index is 12.1. The molecule has 1 atom stereocenters. The van der Waals surface area contributed by atoms with E-state index in [0.29, 0.717) is 16.8 Å². The van der Waals surface area contributed by atoms with Crippen LogP contribution < -0.4 is 5.32 Å². The van der Waals surface area contributed by atoms with Crippen LogP contribution in [0.4, 0.5) is 10.5 Å². The van der Waals surface area contributed by atoms with E-state index in [1.807, 2.05) is 23.1 Å². The highest BCUT2D eigenvalue weighted by atomic mass is 35.5. The molecule has 0 saturated carbocycles. The van der Waals surface area contributed by atoms with Gasteiger partial charge in [0.05, 0.1) is 10.7 Å². The van der Waals surface area contributed by atoms with E-state index in [2.05, 4.69) is 12.2 Å². The molecular weight excluding hydrogens is 236 g/mol. The average Bonchev–Trinajstić information content (AvgIpc) is 2.32. The maximum atomic E-state index is 12.1. The summed E-state index contributed by atoms with van der Waals surface area (Å²) >= 11 is 6.01. The summed E-state index contributed by atoms with van der Waals surface area (Å²) in [5.74, 6) is 0. The Morgan fingerprint density at radius 2 is 2.18 bits per heavy atom. The van der Waals surface area contributed by atoms with E-state index in [4.69, 9.17) is 11.6 Å². The normalized spacial score (nSPS) is 20.1. The molecule has 0 bridgehead atoms. The lowest BCUT2D eigenvalue weighted by Crippen LogP contribution is -2.44. The number of rotatable bonds is 1. The highest BCUT2D eigenvalue weighted by molar-refractivity contribution is 6.33. The minimum absolute atomic E-state index is 0.0506. The lowest BCUT2D eigenvalue weighted by molar-refractivity contribution is 0.170. The lowest BCUT2D eigenvalue weighted by atomic mass is 10.0. The van der Waals surface area contributed by atoms with Crippen molar-refractivity contribution in [3.8, 4) is 0 Å². The molecule has 0 radical (unpaired) electrons. The number of nitrogens with zero attached hydrogens (tertiary/aromatic N) is 1. The second-order valence-electron chi connectivity index (χ2n) is 4.45. The minimum atomic E-state index is -0.0506. The number of hydrogen-bond donors (Lipinski definition) is 1. The molecule has 1 fully saturated rings. The monoisotopic (exact) mass is 252 g/mol. The lowest BCUT2D eigenvalue weighted by Gasteiger charge is -2.33. The summed E-state index contributed by atoms with van der Waals surface area (Å²) in [6.07, 6.45) is 3.37. The van der Waals surface area contributed by atoms with E-state index in [9.17, 15) is 4.79 Å². The Bertz CT molecular complexity index is 408. The predicted octanol–water partition coefficient (Wildman–Crippen LogP) is 3.75. The predicted molar refractivity (Wildman–Crippen MR) is 70.5 cm³/mol. The summed E-state index contributed by atoms with van der Waals surface area (Å²) < 4.78 is 0. The second kappa shape index (κ2) is 5.41. The van der Waals surface area contributed by atoms with Gasteiger partial charge in [0.25, 0.3) is 0 Å². The summed E-state index contributed by atoms with van der Waals surface area (Å²) in [7, 11) is 0. The molecule has 1 aliphatic rings. The molecule has 1 aromatic rings. The number of hydrogen-bond acceptors (Lipinski definition) is 1. The number of amides is 2. The summed E-state index contributed by atoms with van der Waals surface area (Å²) in [5, 5.41) is 3.44. The van der Waals surface area contributed by atoms with Gasteiger partial charge in [-0.25, -0.2) is 4.79 Å². The van der Waals surface area contributed by atoms with E-state index in [1.54, 1.807) is 6.07 Å². The molecule has 4 heteroatoms. The number of carbonyl (C=O) groups is 1. The van der Waals surface area contributed by atoms with E-state index in [1.165, 1.54) is 6.42 Å². The first-order valence-electron chi connectivity index (χ1n) is 6.00. The molecule has 1 aliphatic heterocycles. The van der Waals surface area contributed by atoms with Crippen LogP contribution in [0.25, 0.3) is 0 Å². The van der Waals surface area contributed by atoms with Crippen LogP contribution in [0.2, 0.25) is 5.02 Å². The number of likely N-dealkylation sites (tertiary alicyclic amines) is 1. The number of carbonyl (C=O) groups excluding carboxylic acids is 1. The van der Waals surface area contributed by atoms with Crippen molar-refractivity contribution in [2.24, 2.45) is 0 Å². The van der Waals surface area contributed by atoms with Gasteiger partial charge in [-0.05, 0) is 38.3 Å². The van der Waals surface area contributed by atoms with Crippen LogP contribution in [0.3, 0.4) is 0 Å². The van der Waals surface area contributed by atoms with Crippen molar-refractivity contribution in [3.63, 3.8) is 0 Å². The van der Waals surface area contributed by atoms with Gasteiger partial charge in [0.1, 0.15) is 0 Å². The Kier molecular flexibility index (Phi) is 3.89. The van der Waals surface area contributed by atoms with Crippen molar-refractivity contribution < 1.29 is 4.79 Å². The van der Waals surface area contributed by atoms with E-state index < -0.39 is 0 Å². The largest absolute Gasteiger partial charge is 0.322 e. The van der Waals surface area contributed by atoms with Crippen molar-refractivity contribution in [1.82, 2.24) is 4.90 Å². The summed E-state index contributed by atoms with van der Waals surface area (Å²) in [6, 6.07) is 7.56. The maximum Gasteiger partial charge on any atom is 0.322 e. The van der Waals surface area contributed by atoms with E-state index in [0.717, 1.165) is 19.4 Å². The van der Waals surface area contributed by atoms with Gasteiger partial charge in [-0.3, -0.25) is 0 Å². The molecule has 2 rings (SSSR count). The van der Waals surface area contributed by atoms with E-state index in [-0.39, 0.29) is 6.03 Å². The topological polar surface area (TPSA) is 32.3 Å².